The third-order valence-corrected chi connectivity index (χ3v) is 3.45. The summed E-state index contributed by atoms with van der Waals surface area (Å²) < 4.78 is 6.87. The highest BCUT2D eigenvalue weighted by Gasteiger charge is 2.20. The van der Waals surface area contributed by atoms with Crippen molar-refractivity contribution < 1.29 is 9.53 Å². The Morgan fingerprint density at radius 2 is 1.83 bits per heavy atom. The first-order valence-electron chi connectivity index (χ1n) is 7.37. The fourth-order valence-corrected chi connectivity index (χ4v) is 2.39. The van der Waals surface area contributed by atoms with Gasteiger partial charge in [0.25, 0.3) is 0 Å². The fraction of sp³-hybridized carbons (Fsp3) is 0.111. The number of nitrogens with zero attached hydrogens (tertiary/aromatic N) is 2. The second-order valence-corrected chi connectivity index (χ2v) is 5.00. The molecule has 0 atom stereocenters. The zero-order chi connectivity index (χ0) is 16.2. The summed E-state index contributed by atoms with van der Waals surface area (Å²) in [6.07, 6.45) is 1.54. The van der Waals surface area contributed by atoms with Crippen LogP contribution in [0.25, 0.3) is 16.9 Å². The highest BCUT2D eigenvalue weighted by Crippen LogP contribution is 2.27. The zero-order valence-electron chi connectivity index (χ0n) is 12.8. The zero-order valence-corrected chi connectivity index (χ0v) is 12.8. The molecular weight excluding hydrogens is 290 g/mol. The molecule has 0 saturated carbocycles. The molecule has 0 radical (unpaired) electrons. The molecule has 0 aliphatic heterocycles. The molecule has 5 nitrogen and oxygen atoms in total. The minimum atomic E-state index is -0.381. The number of hydrogen-bond donors (Lipinski definition) is 1. The van der Waals surface area contributed by atoms with E-state index >= 15 is 0 Å². The highest BCUT2D eigenvalue weighted by atomic mass is 16.5. The van der Waals surface area contributed by atoms with Crippen LogP contribution in [0.2, 0.25) is 0 Å². The average Bonchev–Trinajstić information content (AvgIpc) is 3.01. The number of aromatic nitrogens is 2. The summed E-state index contributed by atoms with van der Waals surface area (Å²) in [5.74, 6) is -0.381. The van der Waals surface area contributed by atoms with Crippen molar-refractivity contribution in [3.8, 4) is 16.9 Å². The van der Waals surface area contributed by atoms with Crippen molar-refractivity contribution >= 4 is 11.7 Å². The topological polar surface area (TPSA) is 70.1 Å². The largest absolute Gasteiger partial charge is 0.462 e. The molecule has 2 aromatic carbocycles. The Kier molecular flexibility index (Phi) is 4.10. The molecule has 1 aromatic heterocycles. The van der Waals surface area contributed by atoms with Gasteiger partial charge in [-0.3, -0.25) is 0 Å². The van der Waals surface area contributed by atoms with Gasteiger partial charge < -0.3 is 10.5 Å². The monoisotopic (exact) mass is 307 g/mol. The molecular formula is C18H17N3O2. The van der Waals surface area contributed by atoms with Gasteiger partial charge in [0.05, 0.1) is 24.2 Å². The van der Waals surface area contributed by atoms with E-state index < -0.39 is 0 Å². The summed E-state index contributed by atoms with van der Waals surface area (Å²) in [6.45, 7) is 2.10. The fourth-order valence-electron chi connectivity index (χ4n) is 2.39. The van der Waals surface area contributed by atoms with E-state index in [1.807, 2.05) is 42.5 Å². The quantitative estimate of drug-likeness (QED) is 0.593. The number of anilines is 1. The number of nitrogens with two attached hydrogens (primary N) is 1. The summed E-state index contributed by atoms with van der Waals surface area (Å²) in [5.41, 5.74) is 9.28. The third-order valence-electron chi connectivity index (χ3n) is 3.45. The maximum Gasteiger partial charge on any atom is 0.342 e. The summed E-state index contributed by atoms with van der Waals surface area (Å²) >= 11 is 0. The average molecular weight is 307 g/mol. The smallest absolute Gasteiger partial charge is 0.342 e. The Morgan fingerprint density at radius 3 is 2.48 bits per heavy atom. The van der Waals surface area contributed by atoms with E-state index in [4.69, 9.17) is 10.5 Å². The predicted molar refractivity (Wildman–Crippen MR) is 89.4 cm³/mol. The van der Waals surface area contributed by atoms with E-state index in [1.54, 1.807) is 23.7 Å². The molecule has 0 bridgehead atoms. The van der Waals surface area contributed by atoms with E-state index in [9.17, 15) is 4.79 Å². The SMILES string of the molecule is CCOC(=O)c1cnn(-c2ccc(N)cc2)c1-c1ccccc1. The minimum Gasteiger partial charge on any atom is -0.462 e. The van der Waals surface area contributed by atoms with Gasteiger partial charge in [0.15, 0.2) is 0 Å². The number of nitrogen functional groups attached to an aromatic ring is 1. The molecule has 0 aliphatic carbocycles. The number of benzene rings is 2. The van der Waals surface area contributed by atoms with Crippen LogP contribution < -0.4 is 5.73 Å². The summed E-state index contributed by atoms with van der Waals surface area (Å²) in [4.78, 5) is 12.2. The van der Waals surface area contributed by atoms with Crippen molar-refractivity contribution in [1.82, 2.24) is 9.78 Å². The Labute approximate surface area is 134 Å². The Hall–Kier alpha value is -3.08. The van der Waals surface area contributed by atoms with Gasteiger partial charge in [-0.25, -0.2) is 9.48 Å². The van der Waals surface area contributed by atoms with E-state index in [0.717, 1.165) is 11.3 Å². The van der Waals surface area contributed by atoms with E-state index in [-0.39, 0.29) is 5.97 Å². The molecule has 2 N–H and O–H groups in total. The Bertz CT molecular complexity index is 808. The van der Waals surface area contributed by atoms with Crippen molar-refractivity contribution in [1.29, 1.82) is 0 Å². The lowest BCUT2D eigenvalue weighted by Gasteiger charge is -2.10. The van der Waals surface area contributed by atoms with Crippen LogP contribution in [-0.2, 0) is 4.74 Å². The normalized spacial score (nSPS) is 10.5. The van der Waals surface area contributed by atoms with E-state index in [2.05, 4.69) is 5.10 Å². The second kappa shape index (κ2) is 6.36. The second-order valence-electron chi connectivity index (χ2n) is 5.00. The number of carbonyl (C=O) groups is 1. The van der Waals surface area contributed by atoms with E-state index in [0.29, 0.717) is 23.6 Å². The minimum absolute atomic E-state index is 0.320. The molecule has 0 unspecified atom stereocenters. The molecule has 0 aliphatic rings. The number of ether oxygens (including phenoxy) is 1. The standard InChI is InChI=1S/C18H17N3O2/c1-2-23-18(22)16-12-20-21(15-10-8-14(19)9-11-15)17(16)13-6-4-3-5-7-13/h3-12H,2,19H2,1H3. The lowest BCUT2D eigenvalue weighted by molar-refractivity contribution is 0.0527. The van der Waals surface area contributed by atoms with E-state index in [1.165, 1.54) is 6.20 Å². The van der Waals surface area contributed by atoms with Crippen LogP contribution in [0.1, 0.15) is 17.3 Å². The summed E-state index contributed by atoms with van der Waals surface area (Å²) in [6, 6.07) is 17.0. The first-order chi connectivity index (χ1) is 11.2. The maximum atomic E-state index is 12.2. The summed E-state index contributed by atoms with van der Waals surface area (Å²) in [5, 5.41) is 4.37. The van der Waals surface area contributed by atoms with Gasteiger partial charge in [-0.2, -0.15) is 5.10 Å². The predicted octanol–water partition coefficient (Wildman–Crippen LogP) is 3.30. The van der Waals surface area contributed by atoms with Crippen molar-refractivity contribution in [2.75, 3.05) is 12.3 Å². The third kappa shape index (κ3) is 2.94. The van der Waals surface area contributed by atoms with Gasteiger partial charge in [-0.15, -0.1) is 0 Å². The van der Waals surface area contributed by atoms with Crippen LogP contribution >= 0.6 is 0 Å². The van der Waals surface area contributed by atoms with Crippen LogP contribution in [-0.4, -0.2) is 22.4 Å². The maximum absolute atomic E-state index is 12.2. The molecule has 0 saturated heterocycles. The molecule has 1 heterocycles. The molecule has 0 spiro atoms. The molecule has 0 amide bonds. The van der Waals surface area contributed by atoms with Crippen molar-refractivity contribution in [3.05, 3.63) is 66.4 Å². The first-order valence-corrected chi connectivity index (χ1v) is 7.37. The number of carbonyl (C=O) groups excluding carboxylic acids is 1. The highest BCUT2D eigenvalue weighted by molar-refractivity contribution is 5.96. The number of rotatable bonds is 4. The van der Waals surface area contributed by atoms with Gasteiger partial charge in [-0.05, 0) is 31.2 Å². The van der Waals surface area contributed by atoms with Gasteiger partial charge in [-0.1, -0.05) is 30.3 Å². The van der Waals surface area contributed by atoms with Crippen LogP contribution in [0.15, 0.2) is 60.8 Å². The first kappa shape index (κ1) is 14.8. The van der Waals surface area contributed by atoms with Crippen LogP contribution in [0.3, 0.4) is 0 Å². The molecule has 3 aromatic rings. The van der Waals surface area contributed by atoms with Crippen molar-refractivity contribution in [3.63, 3.8) is 0 Å². The molecule has 3 rings (SSSR count). The number of esters is 1. The van der Waals surface area contributed by atoms with Gasteiger partial charge in [0, 0.05) is 11.3 Å². The van der Waals surface area contributed by atoms with Gasteiger partial charge in [0.1, 0.15) is 5.56 Å². The Balaban J connectivity index is 2.17. The van der Waals surface area contributed by atoms with Crippen molar-refractivity contribution in [2.45, 2.75) is 6.92 Å². The van der Waals surface area contributed by atoms with Crippen LogP contribution in [0, 0.1) is 0 Å². The molecule has 5 heteroatoms. The van der Waals surface area contributed by atoms with Gasteiger partial charge in [0.2, 0.25) is 0 Å². The van der Waals surface area contributed by atoms with Crippen molar-refractivity contribution in [2.24, 2.45) is 0 Å². The lowest BCUT2D eigenvalue weighted by atomic mass is 10.1. The molecule has 23 heavy (non-hydrogen) atoms. The number of hydrogen-bond acceptors (Lipinski definition) is 4. The van der Waals surface area contributed by atoms with Crippen LogP contribution in [0.5, 0.6) is 0 Å². The molecule has 116 valence electrons. The lowest BCUT2D eigenvalue weighted by Crippen LogP contribution is -2.07. The molecule has 0 fully saturated rings. The summed E-state index contributed by atoms with van der Waals surface area (Å²) in [7, 11) is 0. The van der Waals surface area contributed by atoms with Gasteiger partial charge >= 0.3 is 5.97 Å². The Morgan fingerprint density at radius 1 is 1.13 bits per heavy atom. The van der Waals surface area contributed by atoms with Crippen LogP contribution in [0.4, 0.5) is 5.69 Å².